The first-order chi connectivity index (χ1) is 11.0. The molecular formula is C20H32Br2O2. The molecule has 0 radical (unpaired) electrons. The maximum atomic E-state index is 11.1. The normalized spacial score (nSPS) is 53.2. The highest BCUT2D eigenvalue weighted by Gasteiger charge is 2.61. The molecule has 2 nitrogen and oxygen atoms in total. The van der Waals surface area contributed by atoms with E-state index in [-0.39, 0.29) is 28.8 Å². The summed E-state index contributed by atoms with van der Waals surface area (Å²) in [6.07, 6.45) is 7.91. The van der Waals surface area contributed by atoms with Gasteiger partial charge in [-0.3, -0.25) is 0 Å². The van der Waals surface area contributed by atoms with Crippen LogP contribution in [0.3, 0.4) is 0 Å². The number of rotatable bonds is 1. The van der Waals surface area contributed by atoms with Crippen molar-refractivity contribution in [2.45, 2.75) is 87.6 Å². The minimum atomic E-state index is -0.694. The van der Waals surface area contributed by atoms with E-state index in [1.807, 2.05) is 6.92 Å². The Hall–Kier alpha value is 0.620. The highest BCUT2D eigenvalue weighted by Crippen LogP contribution is 2.61. The fraction of sp³-hybridized carbons (Fsp3) is 0.900. The number of aliphatic hydroxyl groups excluding tert-OH is 1. The quantitative estimate of drug-likeness (QED) is 0.414. The van der Waals surface area contributed by atoms with Gasteiger partial charge in [-0.2, -0.15) is 0 Å². The molecule has 0 unspecified atom stereocenters. The predicted molar refractivity (Wildman–Crippen MR) is 107 cm³/mol. The van der Waals surface area contributed by atoms with Crippen molar-refractivity contribution in [2.75, 3.05) is 0 Å². The van der Waals surface area contributed by atoms with Gasteiger partial charge >= 0.3 is 0 Å². The smallest absolute Gasteiger partial charge is 0.0660 e. The second kappa shape index (κ2) is 6.35. The van der Waals surface area contributed by atoms with Gasteiger partial charge in [0.15, 0.2) is 0 Å². The van der Waals surface area contributed by atoms with Crippen LogP contribution in [0.5, 0.6) is 0 Å². The van der Waals surface area contributed by atoms with E-state index >= 15 is 0 Å². The van der Waals surface area contributed by atoms with Gasteiger partial charge in [0, 0.05) is 21.5 Å². The number of halogens is 2. The van der Waals surface area contributed by atoms with Crippen molar-refractivity contribution in [1.82, 2.24) is 0 Å². The van der Waals surface area contributed by atoms with E-state index in [1.54, 1.807) is 0 Å². The zero-order chi connectivity index (χ0) is 17.9. The van der Waals surface area contributed by atoms with Crippen LogP contribution in [0, 0.1) is 22.7 Å². The molecule has 3 aliphatic carbocycles. The zero-order valence-corrected chi connectivity index (χ0v) is 18.5. The number of alkyl halides is 2. The largest absolute Gasteiger partial charge is 0.392 e. The molecule has 0 aromatic carbocycles. The van der Waals surface area contributed by atoms with E-state index in [2.05, 4.69) is 58.7 Å². The molecule has 0 heterocycles. The molecule has 0 amide bonds. The third-order valence-electron chi connectivity index (χ3n) is 7.16. The molecule has 3 saturated carbocycles. The Morgan fingerprint density at radius 1 is 1.08 bits per heavy atom. The Balaban J connectivity index is 1.91. The third-order valence-corrected chi connectivity index (χ3v) is 10.4. The fourth-order valence-electron chi connectivity index (χ4n) is 5.84. The van der Waals surface area contributed by atoms with E-state index < -0.39 is 5.60 Å². The fourth-order valence-corrected chi connectivity index (χ4v) is 6.93. The molecule has 7 atom stereocenters. The molecule has 2 N–H and O–H groups in total. The molecule has 0 aromatic rings. The Morgan fingerprint density at radius 3 is 2.38 bits per heavy atom. The van der Waals surface area contributed by atoms with Crippen LogP contribution in [0.15, 0.2) is 11.6 Å². The van der Waals surface area contributed by atoms with Crippen LogP contribution in [-0.4, -0.2) is 31.6 Å². The number of aliphatic hydroxyl groups is 2. The minimum Gasteiger partial charge on any atom is -0.392 e. The van der Waals surface area contributed by atoms with E-state index in [4.69, 9.17) is 0 Å². The highest BCUT2D eigenvalue weighted by molar-refractivity contribution is 9.09. The second-order valence-corrected chi connectivity index (χ2v) is 11.9. The highest BCUT2D eigenvalue weighted by atomic mass is 79.9. The standard InChI is InChI=1S/C20H32Br2O2/c1-18(2)10-12(5-6-15(18)21)9-13-14(23)11-19(3)16(22)7-8-20(4,24)17(13)19/h9,13-17,23-24H,5-8,10-11H2,1-4H3/b12-9+/t13-,14+,15+,16+,17+,19-,20-/m1/s1. The van der Waals surface area contributed by atoms with Gasteiger partial charge in [0.1, 0.15) is 0 Å². The summed E-state index contributed by atoms with van der Waals surface area (Å²) in [7, 11) is 0. The lowest BCUT2D eigenvalue weighted by Gasteiger charge is -2.50. The molecule has 3 aliphatic rings. The first-order valence-electron chi connectivity index (χ1n) is 9.35. The molecular weight excluding hydrogens is 432 g/mol. The number of hydrogen-bond acceptors (Lipinski definition) is 2. The predicted octanol–water partition coefficient (Wildman–Crippen LogP) is 5.20. The summed E-state index contributed by atoms with van der Waals surface area (Å²) in [6, 6.07) is 0. The SMILES string of the molecule is CC1(C)C/C(=C/[C@@H]2[C@@H](O)C[C@]3(C)[C@@H](Br)CC[C@@](C)(O)[C@@H]23)CC[C@@H]1Br. The maximum Gasteiger partial charge on any atom is 0.0660 e. The Kier molecular flexibility index (Phi) is 5.13. The average Bonchev–Trinajstić information content (AvgIpc) is 2.72. The topological polar surface area (TPSA) is 40.5 Å². The number of fused-ring (bicyclic) bond motifs is 1. The first-order valence-corrected chi connectivity index (χ1v) is 11.2. The van der Waals surface area contributed by atoms with Gasteiger partial charge in [-0.1, -0.05) is 64.3 Å². The lowest BCUT2D eigenvalue weighted by molar-refractivity contribution is -0.0884. The average molecular weight is 464 g/mol. The number of hydrogen-bond donors (Lipinski definition) is 2. The summed E-state index contributed by atoms with van der Waals surface area (Å²) in [5, 5.41) is 22.0. The van der Waals surface area contributed by atoms with Crippen molar-refractivity contribution >= 4 is 31.9 Å². The molecule has 0 aliphatic heterocycles. The minimum absolute atomic E-state index is 0.0367. The van der Waals surface area contributed by atoms with Gasteiger partial charge in [-0.25, -0.2) is 0 Å². The zero-order valence-electron chi connectivity index (χ0n) is 15.4. The molecule has 138 valence electrons. The van der Waals surface area contributed by atoms with Crippen LogP contribution in [0.4, 0.5) is 0 Å². The van der Waals surface area contributed by atoms with Crippen LogP contribution >= 0.6 is 31.9 Å². The van der Waals surface area contributed by atoms with Crippen molar-refractivity contribution in [3.8, 4) is 0 Å². The van der Waals surface area contributed by atoms with Crippen molar-refractivity contribution in [3.05, 3.63) is 11.6 Å². The Labute approximate surface area is 163 Å². The number of allylic oxidation sites excluding steroid dienone is 1. The van der Waals surface area contributed by atoms with E-state index in [9.17, 15) is 10.2 Å². The van der Waals surface area contributed by atoms with Gasteiger partial charge in [0.25, 0.3) is 0 Å². The Morgan fingerprint density at radius 2 is 1.75 bits per heavy atom. The van der Waals surface area contributed by atoms with E-state index in [0.717, 1.165) is 38.5 Å². The van der Waals surface area contributed by atoms with Crippen LogP contribution in [0.1, 0.15) is 66.2 Å². The van der Waals surface area contributed by atoms with Crippen molar-refractivity contribution in [3.63, 3.8) is 0 Å². The first kappa shape index (κ1) is 19.4. The van der Waals surface area contributed by atoms with Gasteiger partial charge < -0.3 is 10.2 Å². The van der Waals surface area contributed by atoms with Crippen LogP contribution in [0.25, 0.3) is 0 Å². The lowest BCUT2D eigenvalue weighted by atomic mass is 9.60. The van der Waals surface area contributed by atoms with Crippen LogP contribution in [0.2, 0.25) is 0 Å². The molecule has 0 saturated heterocycles. The summed E-state index contributed by atoms with van der Waals surface area (Å²) in [5.74, 6) is 0.193. The van der Waals surface area contributed by atoms with Crippen molar-refractivity contribution in [1.29, 1.82) is 0 Å². The maximum absolute atomic E-state index is 11.1. The van der Waals surface area contributed by atoms with Gasteiger partial charge in [0.2, 0.25) is 0 Å². The molecule has 3 fully saturated rings. The van der Waals surface area contributed by atoms with Gasteiger partial charge in [-0.15, -0.1) is 0 Å². The molecule has 3 rings (SSSR count). The lowest BCUT2D eigenvalue weighted by Crippen LogP contribution is -2.52. The summed E-state index contributed by atoms with van der Waals surface area (Å²) in [6.45, 7) is 8.88. The molecule has 0 bridgehead atoms. The Bertz CT molecular complexity index is 528. The monoisotopic (exact) mass is 462 g/mol. The summed E-state index contributed by atoms with van der Waals surface area (Å²) >= 11 is 7.69. The van der Waals surface area contributed by atoms with E-state index in [1.165, 1.54) is 5.57 Å². The van der Waals surface area contributed by atoms with E-state index in [0.29, 0.717) is 9.65 Å². The molecule has 4 heteroatoms. The van der Waals surface area contributed by atoms with Crippen molar-refractivity contribution in [2.24, 2.45) is 22.7 Å². The molecule has 0 spiro atoms. The summed E-state index contributed by atoms with van der Waals surface area (Å²) in [5.41, 5.74) is 0.992. The van der Waals surface area contributed by atoms with Crippen molar-refractivity contribution < 1.29 is 10.2 Å². The van der Waals surface area contributed by atoms with Gasteiger partial charge in [-0.05, 0) is 56.3 Å². The van der Waals surface area contributed by atoms with Crippen LogP contribution in [-0.2, 0) is 0 Å². The van der Waals surface area contributed by atoms with Gasteiger partial charge in [0.05, 0.1) is 11.7 Å². The summed E-state index contributed by atoms with van der Waals surface area (Å²) < 4.78 is 0. The third kappa shape index (κ3) is 3.18. The van der Waals surface area contributed by atoms with Crippen LogP contribution < -0.4 is 0 Å². The summed E-state index contributed by atoms with van der Waals surface area (Å²) in [4.78, 5) is 0.939. The molecule has 0 aromatic heterocycles. The second-order valence-electron chi connectivity index (χ2n) is 9.69. The molecule has 24 heavy (non-hydrogen) atoms.